The highest BCUT2D eigenvalue weighted by Crippen LogP contribution is 2.39. The van der Waals surface area contributed by atoms with Gasteiger partial charge in [-0.05, 0) is 33.6 Å². The maximum atomic E-state index is 11.5. The van der Waals surface area contributed by atoms with Crippen molar-refractivity contribution in [2.24, 2.45) is 0 Å². The molecular weight excluding hydrogens is 234 g/mol. The predicted molar refractivity (Wildman–Crippen MR) is 67.1 cm³/mol. The van der Waals surface area contributed by atoms with Crippen LogP contribution in [0.2, 0.25) is 0 Å². The zero-order valence-corrected chi connectivity index (χ0v) is 11.5. The van der Waals surface area contributed by atoms with Gasteiger partial charge in [0.15, 0.2) is 0 Å². The molecule has 5 heteroatoms. The molecule has 1 rings (SSSR count). The third-order valence-electron chi connectivity index (χ3n) is 2.97. The van der Waals surface area contributed by atoms with E-state index in [1.54, 1.807) is 13.8 Å². The molecule has 0 amide bonds. The van der Waals surface area contributed by atoms with Crippen molar-refractivity contribution >= 4 is 11.9 Å². The van der Waals surface area contributed by atoms with Gasteiger partial charge in [-0.2, -0.15) is 0 Å². The molecule has 0 aromatic rings. The largest absolute Gasteiger partial charge is 0.466 e. The number of esters is 2. The van der Waals surface area contributed by atoms with Crippen molar-refractivity contribution in [2.45, 2.75) is 58.0 Å². The third kappa shape index (κ3) is 5.04. The normalized spacial score (nSPS) is 17.9. The first-order chi connectivity index (χ1) is 8.51. The summed E-state index contributed by atoms with van der Waals surface area (Å²) in [6.45, 7) is 6.34. The number of ether oxygens (including phenoxy) is 2. The Bertz CT molecular complexity index is 299. The smallest absolute Gasteiger partial charge is 0.307 e. The molecule has 0 heterocycles. The summed E-state index contributed by atoms with van der Waals surface area (Å²) in [5.74, 6) is -0.379. The maximum Gasteiger partial charge on any atom is 0.307 e. The molecular formula is C13H23NO4. The van der Waals surface area contributed by atoms with E-state index in [1.165, 1.54) is 0 Å². The Morgan fingerprint density at radius 3 is 2.22 bits per heavy atom. The minimum atomic E-state index is -0.204. The Morgan fingerprint density at radius 1 is 1.17 bits per heavy atom. The van der Waals surface area contributed by atoms with Crippen molar-refractivity contribution in [1.29, 1.82) is 0 Å². The molecule has 18 heavy (non-hydrogen) atoms. The second kappa shape index (κ2) is 6.73. The van der Waals surface area contributed by atoms with E-state index in [0.717, 1.165) is 12.8 Å². The van der Waals surface area contributed by atoms with Crippen LogP contribution in [0, 0.1) is 0 Å². The van der Waals surface area contributed by atoms with Gasteiger partial charge in [-0.25, -0.2) is 0 Å². The van der Waals surface area contributed by atoms with E-state index in [-0.39, 0.29) is 23.5 Å². The second-order valence-electron chi connectivity index (χ2n) is 4.82. The van der Waals surface area contributed by atoms with E-state index < -0.39 is 0 Å². The van der Waals surface area contributed by atoms with Crippen molar-refractivity contribution in [2.75, 3.05) is 13.2 Å². The standard InChI is InChI=1S/C13H23NO4/c1-4-17-11(15)8-10(3)14-13(6-7-13)9-12(16)18-5-2/h10,14H,4-9H2,1-3H3/t10-/m0/s1. The highest BCUT2D eigenvalue weighted by Gasteiger charge is 2.45. The van der Waals surface area contributed by atoms with Gasteiger partial charge in [0, 0.05) is 11.6 Å². The summed E-state index contributed by atoms with van der Waals surface area (Å²) >= 11 is 0. The van der Waals surface area contributed by atoms with Gasteiger partial charge in [0.05, 0.1) is 26.1 Å². The van der Waals surface area contributed by atoms with E-state index in [4.69, 9.17) is 9.47 Å². The first kappa shape index (κ1) is 15.0. The fourth-order valence-electron chi connectivity index (χ4n) is 2.05. The van der Waals surface area contributed by atoms with Crippen LogP contribution in [0.15, 0.2) is 0 Å². The molecule has 1 saturated carbocycles. The van der Waals surface area contributed by atoms with Crippen LogP contribution in [0.3, 0.4) is 0 Å². The van der Waals surface area contributed by atoms with Crippen LogP contribution in [0.4, 0.5) is 0 Å². The Balaban J connectivity index is 2.32. The lowest BCUT2D eigenvalue weighted by Gasteiger charge is -2.21. The average molecular weight is 257 g/mol. The number of carbonyl (C=O) groups is 2. The van der Waals surface area contributed by atoms with Gasteiger partial charge >= 0.3 is 11.9 Å². The van der Waals surface area contributed by atoms with Crippen molar-refractivity contribution in [3.8, 4) is 0 Å². The predicted octanol–water partition coefficient (Wildman–Crippen LogP) is 1.40. The number of carbonyl (C=O) groups excluding carboxylic acids is 2. The minimum absolute atomic E-state index is 0.0148. The number of nitrogens with one attached hydrogen (secondary N) is 1. The van der Waals surface area contributed by atoms with Crippen LogP contribution in [-0.2, 0) is 19.1 Å². The molecule has 5 nitrogen and oxygen atoms in total. The molecule has 0 radical (unpaired) electrons. The monoisotopic (exact) mass is 257 g/mol. The van der Waals surface area contributed by atoms with E-state index in [0.29, 0.717) is 26.1 Å². The Morgan fingerprint density at radius 2 is 1.72 bits per heavy atom. The van der Waals surface area contributed by atoms with Crippen LogP contribution in [0.25, 0.3) is 0 Å². The number of rotatable bonds is 8. The summed E-state index contributed by atoms with van der Waals surface area (Å²) in [7, 11) is 0. The molecule has 0 bridgehead atoms. The van der Waals surface area contributed by atoms with Gasteiger partial charge in [-0.3, -0.25) is 9.59 Å². The molecule has 0 saturated heterocycles. The SMILES string of the molecule is CCOC(=O)C[C@H](C)NC1(CC(=O)OCC)CC1. The fraction of sp³-hybridized carbons (Fsp3) is 0.846. The summed E-state index contributed by atoms with van der Waals surface area (Å²) in [6, 6.07) is 0.0148. The van der Waals surface area contributed by atoms with Crippen LogP contribution >= 0.6 is 0 Å². The van der Waals surface area contributed by atoms with E-state index >= 15 is 0 Å². The minimum Gasteiger partial charge on any atom is -0.466 e. The van der Waals surface area contributed by atoms with Crippen molar-refractivity contribution in [3.05, 3.63) is 0 Å². The Hall–Kier alpha value is -1.10. The summed E-state index contributed by atoms with van der Waals surface area (Å²) < 4.78 is 9.84. The summed E-state index contributed by atoms with van der Waals surface area (Å²) in [5.41, 5.74) is -0.155. The van der Waals surface area contributed by atoms with Gasteiger partial charge in [0.25, 0.3) is 0 Å². The topological polar surface area (TPSA) is 64.6 Å². The summed E-state index contributed by atoms with van der Waals surface area (Å²) in [5, 5.41) is 3.34. The maximum absolute atomic E-state index is 11.5. The van der Waals surface area contributed by atoms with E-state index in [2.05, 4.69) is 5.32 Å². The molecule has 1 aliphatic rings. The Labute approximate surface area is 108 Å². The molecule has 1 atom stereocenters. The molecule has 0 spiro atoms. The molecule has 104 valence electrons. The van der Waals surface area contributed by atoms with Crippen LogP contribution in [0.5, 0.6) is 0 Å². The van der Waals surface area contributed by atoms with Gasteiger partial charge in [0.1, 0.15) is 0 Å². The van der Waals surface area contributed by atoms with Crippen LogP contribution in [0.1, 0.15) is 46.5 Å². The second-order valence-corrected chi connectivity index (χ2v) is 4.82. The number of hydrogen-bond acceptors (Lipinski definition) is 5. The quantitative estimate of drug-likeness (QED) is 0.666. The molecule has 0 aromatic carbocycles. The zero-order valence-electron chi connectivity index (χ0n) is 11.5. The van der Waals surface area contributed by atoms with Gasteiger partial charge in [0.2, 0.25) is 0 Å². The van der Waals surface area contributed by atoms with Crippen molar-refractivity contribution in [1.82, 2.24) is 5.32 Å². The molecule has 0 aromatic heterocycles. The van der Waals surface area contributed by atoms with Crippen molar-refractivity contribution < 1.29 is 19.1 Å². The highest BCUT2D eigenvalue weighted by molar-refractivity contribution is 5.72. The first-order valence-corrected chi connectivity index (χ1v) is 6.60. The summed E-state index contributed by atoms with van der Waals surface area (Å²) in [6.07, 6.45) is 2.63. The lowest BCUT2D eigenvalue weighted by atomic mass is 10.1. The third-order valence-corrected chi connectivity index (χ3v) is 2.97. The van der Waals surface area contributed by atoms with Crippen molar-refractivity contribution in [3.63, 3.8) is 0 Å². The van der Waals surface area contributed by atoms with E-state index in [1.807, 2.05) is 6.92 Å². The molecule has 0 unspecified atom stereocenters. The van der Waals surface area contributed by atoms with Crippen LogP contribution in [-0.4, -0.2) is 36.7 Å². The average Bonchev–Trinajstić information content (AvgIpc) is 2.97. The van der Waals surface area contributed by atoms with Gasteiger partial charge in [-0.15, -0.1) is 0 Å². The number of hydrogen-bond donors (Lipinski definition) is 1. The molecule has 0 aliphatic heterocycles. The fourth-order valence-corrected chi connectivity index (χ4v) is 2.05. The van der Waals surface area contributed by atoms with E-state index in [9.17, 15) is 9.59 Å². The zero-order chi connectivity index (χ0) is 13.6. The lowest BCUT2D eigenvalue weighted by Crippen LogP contribution is -2.41. The Kier molecular flexibility index (Phi) is 5.59. The lowest BCUT2D eigenvalue weighted by molar-refractivity contribution is -0.144. The van der Waals surface area contributed by atoms with Crippen LogP contribution < -0.4 is 5.32 Å². The van der Waals surface area contributed by atoms with Gasteiger partial charge < -0.3 is 14.8 Å². The molecule has 1 aliphatic carbocycles. The molecule has 1 fully saturated rings. The van der Waals surface area contributed by atoms with Gasteiger partial charge in [-0.1, -0.05) is 0 Å². The highest BCUT2D eigenvalue weighted by atomic mass is 16.5. The summed E-state index contributed by atoms with van der Waals surface area (Å²) in [4.78, 5) is 22.8. The molecule has 1 N–H and O–H groups in total. The first-order valence-electron chi connectivity index (χ1n) is 6.60.